The number of nitrogens with one attached hydrogen (secondary N) is 2. The van der Waals surface area contributed by atoms with Gasteiger partial charge in [-0.15, -0.1) is 0 Å². The highest BCUT2D eigenvalue weighted by molar-refractivity contribution is 5.87. The zero-order chi connectivity index (χ0) is 14.8. The van der Waals surface area contributed by atoms with E-state index >= 15 is 0 Å². The fourth-order valence-electron chi connectivity index (χ4n) is 1.72. The van der Waals surface area contributed by atoms with Crippen LogP contribution in [-0.4, -0.2) is 51.1 Å². The lowest BCUT2D eigenvalue weighted by atomic mass is 10.3. The van der Waals surface area contributed by atoms with Gasteiger partial charge in [-0.2, -0.15) is 28.2 Å². The first-order valence-electron chi connectivity index (χ1n) is 5.55. The molecule has 0 spiro atoms. The molecule has 0 fully saturated rings. The van der Waals surface area contributed by atoms with Crippen molar-refractivity contribution in [3.8, 4) is 0 Å². The minimum atomic E-state index is -4.44. The van der Waals surface area contributed by atoms with Gasteiger partial charge >= 0.3 is 6.18 Å². The molecule has 2 rings (SSSR count). The minimum absolute atomic E-state index is 0.0110. The standard InChI is InChI=1S/C9H12F3N7O/c10-9(11,12)4-19(1-2-20)7-5-3-14-18-6(5)15-8(16-7)17-13/h3,20H,1-2,4,13H2,(H2,14,15,16,17,18). The van der Waals surface area contributed by atoms with Crippen LogP contribution in [0.3, 0.4) is 0 Å². The molecule has 0 aliphatic heterocycles. The summed E-state index contributed by atoms with van der Waals surface area (Å²) in [5.74, 6) is 5.12. The number of rotatable bonds is 5. The number of aromatic amines is 1. The number of H-pyrrole nitrogens is 1. The summed E-state index contributed by atoms with van der Waals surface area (Å²) in [6, 6.07) is 0. The van der Waals surface area contributed by atoms with E-state index < -0.39 is 19.3 Å². The first kappa shape index (κ1) is 14.3. The maximum atomic E-state index is 12.6. The molecule has 0 aliphatic carbocycles. The second-order valence-corrected chi connectivity index (χ2v) is 3.91. The van der Waals surface area contributed by atoms with Gasteiger partial charge < -0.3 is 10.0 Å². The molecular weight excluding hydrogens is 279 g/mol. The van der Waals surface area contributed by atoms with Crippen LogP contribution in [0.1, 0.15) is 0 Å². The maximum absolute atomic E-state index is 12.6. The summed E-state index contributed by atoms with van der Waals surface area (Å²) in [6.07, 6.45) is -3.13. The van der Waals surface area contributed by atoms with Gasteiger partial charge in [-0.25, -0.2) is 5.84 Å². The second kappa shape index (κ2) is 5.46. The van der Waals surface area contributed by atoms with Crippen LogP contribution in [0.25, 0.3) is 11.0 Å². The number of nitrogens with zero attached hydrogens (tertiary/aromatic N) is 4. The van der Waals surface area contributed by atoms with Gasteiger partial charge in [0.1, 0.15) is 12.4 Å². The third kappa shape index (κ3) is 3.05. The molecule has 20 heavy (non-hydrogen) atoms. The van der Waals surface area contributed by atoms with Gasteiger partial charge in [-0.05, 0) is 0 Å². The SMILES string of the molecule is NNc1nc(N(CCO)CC(F)(F)F)c2cn[nH]c2n1. The molecule has 0 amide bonds. The number of nitrogen functional groups attached to an aromatic ring is 1. The summed E-state index contributed by atoms with van der Waals surface area (Å²) in [5.41, 5.74) is 2.41. The number of halogens is 3. The number of alkyl halides is 3. The van der Waals surface area contributed by atoms with Crippen molar-refractivity contribution in [1.29, 1.82) is 0 Å². The van der Waals surface area contributed by atoms with E-state index in [0.29, 0.717) is 5.39 Å². The van der Waals surface area contributed by atoms with E-state index in [9.17, 15) is 13.2 Å². The van der Waals surface area contributed by atoms with E-state index in [1.165, 1.54) is 6.20 Å². The van der Waals surface area contributed by atoms with Gasteiger partial charge in [-0.3, -0.25) is 10.5 Å². The zero-order valence-electron chi connectivity index (χ0n) is 10.1. The predicted molar refractivity (Wildman–Crippen MR) is 64.8 cm³/mol. The van der Waals surface area contributed by atoms with E-state index in [-0.39, 0.29) is 24.0 Å². The molecule has 110 valence electrons. The van der Waals surface area contributed by atoms with Crippen LogP contribution in [0.5, 0.6) is 0 Å². The van der Waals surface area contributed by atoms with Crippen LogP contribution in [0.15, 0.2) is 6.20 Å². The molecule has 0 saturated carbocycles. The van der Waals surface area contributed by atoms with E-state index in [0.717, 1.165) is 4.90 Å². The molecule has 0 atom stereocenters. The fraction of sp³-hybridized carbons (Fsp3) is 0.444. The van der Waals surface area contributed by atoms with Crippen molar-refractivity contribution >= 4 is 22.8 Å². The minimum Gasteiger partial charge on any atom is -0.395 e. The number of nitrogens with two attached hydrogens (primary N) is 1. The number of aliphatic hydroxyl groups excluding tert-OH is 1. The average molecular weight is 291 g/mol. The monoisotopic (exact) mass is 291 g/mol. The lowest BCUT2D eigenvalue weighted by molar-refractivity contribution is -0.119. The normalized spacial score (nSPS) is 11.8. The van der Waals surface area contributed by atoms with Crippen LogP contribution in [0.2, 0.25) is 0 Å². The molecular formula is C9H12F3N7O. The molecule has 8 nitrogen and oxygen atoms in total. The lowest BCUT2D eigenvalue weighted by Crippen LogP contribution is -2.37. The molecule has 0 aliphatic rings. The lowest BCUT2D eigenvalue weighted by Gasteiger charge is -2.24. The highest BCUT2D eigenvalue weighted by Crippen LogP contribution is 2.26. The van der Waals surface area contributed by atoms with Crippen LogP contribution in [0.4, 0.5) is 24.9 Å². The molecule has 2 heterocycles. The van der Waals surface area contributed by atoms with E-state index in [1.807, 2.05) is 0 Å². The van der Waals surface area contributed by atoms with Crippen molar-refractivity contribution in [1.82, 2.24) is 20.2 Å². The van der Waals surface area contributed by atoms with Crippen LogP contribution >= 0.6 is 0 Å². The Hall–Kier alpha value is -2.14. The molecule has 11 heteroatoms. The van der Waals surface area contributed by atoms with Crippen molar-refractivity contribution in [2.24, 2.45) is 5.84 Å². The van der Waals surface area contributed by atoms with Gasteiger partial charge in [0.2, 0.25) is 5.95 Å². The fourth-order valence-corrected chi connectivity index (χ4v) is 1.72. The Morgan fingerprint density at radius 3 is 2.75 bits per heavy atom. The van der Waals surface area contributed by atoms with Gasteiger partial charge in [0.25, 0.3) is 0 Å². The summed E-state index contributed by atoms with van der Waals surface area (Å²) < 4.78 is 37.8. The Kier molecular flexibility index (Phi) is 3.90. The maximum Gasteiger partial charge on any atom is 0.405 e. The number of aromatic nitrogens is 4. The quantitative estimate of drug-likeness (QED) is 0.452. The summed E-state index contributed by atoms with van der Waals surface area (Å²) in [7, 11) is 0. The zero-order valence-corrected chi connectivity index (χ0v) is 10.1. The molecule has 0 bridgehead atoms. The first-order valence-corrected chi connectivity index (χ1v) is 5.55. The van der Waals surface area contributed by atoms with Crippen molar-refractivity contribution in [2.45, 2.75) is 6.18 Å². The Morgan fingerprint density at radius 2 is 2.15 bits per heavy atom. The summed E-state index contributed by atoms with van der Waals surface area (Å²) >= 11 is 0. The Morgan fingerprint density at radius 1 is 1.40 bits per heavy atom. The molecule has 0 saturated heterocycles. The topological polar surface area (TPSA) is 116 Å². The van der Waals surface area contributed by atoms with Crippen molar-refractivity contribution in [3.05, 3.63) is 6.20 Å². The van der Waals surface area contributed by atoms with Crippen molar-refractivity contribution in [2.75, 3.05) is 30.0 Å². The molecule has 2 aromatic rings. The smallest absolute Gasteiger partial charge is 0.395 e. The number of hydrogen-bond acceptors (Lipinski definition) is 7. The molecule has 5 N–H and O–H groups in total. The van der Waals surface area contributed by atoms with Crippen LogP contribution in [0, 0.1) is 0 Å². The summed E-state index contributed by atoms with van der Waals surface area (Å²) in [4.78, 5) is 8.71. The number of hydrogen-bond donors (Lipinski definition) is 4. The largest absolute Gasteiger partial charge is 0.405 e. The highest BCUT2D eigenvalue weighted by atomic mass is 19.4. The van der Waals surface area contributed by atoms with Gasteiger partial charge in [0, 0.05) is 6.54 Å². The van der Waals surface area contributed by atoms with E-state index in [2.05, 4.69) is 25.6 Å². The van der Waals surface area contributed by atoms with Gasteiger partial charge in [0.05, 0.1) is 18.2 Å². The van der Waals surface area contributed by atoms with Gasteiger partial charge in [0.15, 0.2) is 5.65 Å². The molecule has 0 aromatic carbocycles. The average Bonchev–Trinajstić information content (AvgIpc) is 2.83. The van der Waals surface area contributed by atoms with Crippen LogP contribution in [-0.2, 0) is 0 Å². The number of anilines is 2. The Bertz CT molecular complexity index is 584. The van der Waals surface area contributed by atoms with Crippen LogP contribution < -0.4 is 16.2 Å². The van der Waals surface area contributed by atoms with E-state index in [1.54, 1.807) is 0 Å². The third-order valence-electron chi connectivity index (χ3n) is 2.46. The molecule has 0 unspecified atom stereocenters. The number of fused-ring (bicyclic) bond motifs is 1. The number of hydrazine groups is 1. The first-order chi connectivity index (χ1) is 9.44. The highest BCUT2D eigenvalue weighted by Gasteiger charge is 2.32. The Labute approximate surface area is 110 Å². The molecule has 2 aromatic heterocycles. The predicted octanol–water partition coefficient (Wildman–Crippen LogP) is -0.000500. The third-order valence-corrected chi connectivity index (χ3v) is 2.46. The Balaban J connectivity index is 2.48. The van der Waals surface area contributed by atoms with Crippen molar-refractivity contribution < 1.29 is 18.3 Å². The molecule has 0 radical (unpaired) electrons. The summed E-state index contributed by atoms with van der Waals surface area (Å²) in [5, 5.41) is 15.5. The van der Waals surface area contributed by atoms with E-state index in [4.69, 9.17) is 10.9 Å². The van der Waals surface area contributed by atoms with Gasteiger partial charge in [-0.1, -0.05) is 0 Å². The summed E-state index contributed by atoms with van der Waals surface area (Å²) in [6.45, 7) is -1.94. The van der Waals surface area contributed by atoms with Crippen molar-refractivity contribution in [3.63, 3.8) is 0 Å². The second-order valence-electron chi connectivity index (χ2n) is 3.91. The number of aliphatic hydroxyl groups is 1.